The number of ether oxygens (including phenoxy) is 2. The van der Waals surface area contributed by atoms with Crippen molar-refractivity contribution in [2.75, 3.05) is 24.9 Å². The van der Waals surface area contributed by atoms with Crippen molar-refractivity contribution in [3.05, 3.63) is 72.3 Å². The SMILES string of the molecule is COC(=O)c1cc(C(=O)OC)c(Nc2ccncc2)cc1Nc1ccncc1. The molecule has 0 aliphatic carbocycles. The Morgan fingerprint density at radius 1 is 0.714 bits per heavy atom. The Morgan fingerprint density at radius 2 is 1.11 bits per heavy atom. The molecule has 142 valence electrons. The highest BCUT2D eigenvalue weighted by Crippen LogP contribution is 2.31. The van der Waals surface area contributed by atoms with E-state index in [-0.39, 0.29) is 11.1 Å². The van der Waals surface area contributed by atoms with Gasteiger partial charge in [0, 0.05) is 36.2 Å². The summed E-state index contributed by atoms with van der Waals surface area (Å²) >= 11 is 0. The number of methoxy groups -OCH3 is 2. The summed E-state index contributed by atoms with van der Waals surface area (Å²) in [4.78, 5) is 32.5. The lowest BCUT2D eigenvalue weighted by atomic mass is 10.0. The third kappa shape index (κ3) is 4.24. The quantitative estimate of drug-likeness (QED) is 0.628. The maximum Gasteiger partial charge on any atom is 0.340 e. The van der Waals surface area contributed by atoms with Crippen molar-refractivity contribution in [1.29, 1.82) is 0 Å². The van der Waals surface area contributed by atoms with Gasteiger partial charge in [0.15, 0.2) is 0 Å². The van der Waals surface area contributed by atoms with Crippen LogP contribution in [0.5, 0.6) is 0 Å². The van der Waals surface area contributed by atoms with Gasteiger partial charge in [-0.1, -0.05) is 0 Å². The number of rotatable bonds is 6. The van der Waals surface area contributed by atoms with Gasteiger partial charge in [0.25, 0.3) is 0 Å². The average Bonchev–Trinajstić information content (AvgIpc) is 2.74. The van der Waals surface area contributed by atoms with Crippen LogP contribution < -0.4 is 10.6 Å². The first-order valence-corrected chi connectivity index (χ1v) is 8.31. The molecule has 8 nitrogen and oxygen atoms in total. The number of carbonyl (C=O) groups excluding carboxylic acids is 2. The molecule has 1 aromatic carbocycles. The number of nitrogens with one attached hydrogen (secondary N) is 2. The summed E-state index contributed by atoms with van der Waals surface area (Å²) in [5, 5.41) is 6.31. The number of anilines is 4. The van der Waals surface area contributed by atoms with E-state index in [0.717, 1.165) is 11.4 Å². The van der Waals surface area contributed by atoms with Crippen LogP contribution in [0.4, 0.5) is 22.7 Å². The van der Waals surface area contributed by atoms with Crippen molar-refractivity contribution < 1.29 is 19.1 Å². The van der Waals surface area contributed by atoms with Crippen LogP contribution in [0.1, 0.15) is 20.7 Å². The molecule has 0 unspecified atom stereocenters. The molecular weight excluding hydrogens is 360 g/mol. The number of esters is 2. The maximum atomic E-state index is 12.3. The molecule has 0 amide bonds. The lowest BCUT2D eigenvalue weighted by molar-refractivity contribution is 0.0601. The van der Waals surface area contributed by atoms with Crippen LogP contribution in [0, 0.1) is 0 Å². The number of carbonyl (C=O) groups is 2. The van der Waals surface area contributed by atoms with E-state index >= 15 is 0 Å². The van der Waals surface area contributed by atoms with E-state index in [0.29, 0.717) is 11.4 Å². The minimum absolute atomic E-state index is 0.194. The first-order chi connectivity index (χ1) is 13.6. The van der Waals surface area contributed by atoms with Gasteiger partial charge in [0.2, 0.25) is 0 Å². The lowest BCUT2D eigenvalue weighted by Crippen LogP contribution is -2.12. The summed E-state index contributed by atoms with van der Waals surface area (Å²) in [7, 11) is 2.55. The first kappa shape index (κ1) is 18.8. The second-order valence-corrected chi connectivity index (χ2v) is 5.65. The summed E-state index contributed by atoms with van der Waals surface area (Å²) in [6.45, 7) is 0. The Bertz CT molecular complexity index is 902. The summed E-state index contributed by atoms with van der Waals surface area (Å²) in [5.74, 6) is -1.17. The Balaban J connectivity index is 2.11. The summed E-state index contributed by atoms with van der Waals surface area (Å²) in [6, 6.07) is 10.1. The number of pyridine rings is 2. The van der Waals surface area contributed by atoms with Gasteiger partial charge in [0.1, 0.15) is 0 Å². The van der Waals surface area contributed by atoms with Gasteiger partial charge in [-0.05, 0) is 36.4 Å². The minimum atomic E-state index is -0.586. The van der Waals surface area contributed by atoms with Crippen molar-refractivity contribution in [3.8, 4) is 0 Å². The molecule has 0 radical (unpaired) electrons. The third-order valence-electron chi connectivity index (χ3n) is 3.89. The number of hydrogen-bond donors (Lipinski definition) is 2. The highest BCUT2D eigenvalue weighted by Gasteiger charge is 2.21. The summed E-state index contributed by atoms with van der Waals surface area (Å²) in [5.41, 5.74) is 2.76. The predicted molar refractivity (Wildman–Crippen MR) is 104 cm³/mol. The van der Waals surface area contributed by atoms with Crippen molar-refractivity contribution in [2.24, 2.45) is 0 Å². The van der Waals surface area contributed by atoms with Crippen molar-refractivity contribution in [3.63, 3.8) is 0 Å². The van der Waals surface area contributed by atoms with Gasteiger partial charge < -0.3 is 20.1 Å². The van der Waals surface area contributed by atoms with Crippen LogP contribution in [0.3, 0.4) is 0 Å². The minimum Gasteiger partial charge on any atom is -0.465 e. The zero-order valence-electron chi connectivity index (χ0n) is 15.3. The molecule has 0 aliphatic rings. The van der Waals surface area contributed by atoms with Gasteiger partial charge in [-0.3, -0.25) is 9.97 Å². The molecule has 2 aromatic heterocycles. The Hall–Kier alpha value is -3.94. The molecule has 0 saturated carbocycles. The molecular formula is C20H18N4O4. The van der Waals surface area contributed by atoms with Gasteiger partial charge in [-0.2, -0.15) is 0 Å². The molecule has 0 saturated heterocycles. The van der Waals surface area contributed by atoms with Crippen molar-refractivity contribution in [1.82, 2.24) is 9.97 Å². The van der Waals surface area contributed by atoms with E-state index in [1.54, 1.807) is 55.1 Å². The van der Waals surface area contributed by atoms with E-state index in [1.165, 1.54) is 20.3 Å². The smallest absolute Gasteiger partial charge is 0.340 e. The molecule has 0 atom stereocenters. The zero-order chi connectivity index (χ0) is 19.9. The molecule has 2 N–H and O–H groups in total. The molecule has 0 bridgehead atoms. The van der Waals surface area contributed by atoms with Crippen LogP contribution in [0.25, 0.3) is 0 Å². The summed E-state index contributed by atoms with van der Waals surface area (Å²) < 4.78 is 9.74. The normalized spacial score (nSPS) is 10.1. The fraction of sp³-hybridized carbons (Fsp3) is 0.100. The fourth-order valence-corrected chi connectivity index (χ4v) is 2.55. The zero-order valence-corrected chi connectivity index (χ0v) is 15.3. The highest BCUT2D eigenvalue weighted by atomic mass is 16.5. The van der Waals surface area contributed by atoms with Gasteiger partial charge in [-0.25, -0.2) is 9.59 Å². The molecule has 0 aliphatic heterocycles. The van der Waals surface area contributed by atoms with E-state index in [1.807, 2.05) is 0 Å². The van der Waals surface area contributed by atoms with Crippen LogP contribution in [-0.2, 0) is 9.47 Å². The number of benzene rings is 1. The highest BCUT2D eigenvalue weighted by molar-refractivity contribution is 6.04. The van der Waals surface area contributed by atoms with Gasteiger partial charge >= 0.3 is 11.9 Å². The molecule has 0 spiro atoms. The van der Waals surface area contributed by atoms with Gasteiger partial charge in [0.05, 0.1) is 36.7 Å². The molecule has 28 heavy (non-hydrogen) atoms. The van der Waals surface area contributed by atoms with E-state index in [4.69, 9.17) is 9.47 Å². The first-order valence-electron chi connectivity index (χ1n) is 8.31. The fourth-order valence-electron chi connectivity index (χ4n) is 2.55. The predicted octanol–water partition coefficient (Wildman–Crippen LogP) is 3.54. The standard InChI is InChI=1S/C20H18N4O4/c1-27-19(25)15-11-16(20(26)28-2)18(24-14-5-9-22-10-6-14)12-17(15)23-13-3-7-21-8-4-13/h3-12H,1-2H3,(H,21,23)(H,22,24). The van der Waals surface area contributed by atoms with E-state index < -0.39 is 11.9 Å². The average molecular weight is 378 g/mol. The van der Waals surface area contributed by atoms with E-state index in [2.05, 4.69) is 20.6 Å². The largest absolute Gasteiger partial charge is 0.465 e. The molecule has 0 fully saturated rings. The molecule has 2 heterocycles. The summed E-state index contributed by atoms with van der Waals surface area (Å²) in [6.07, 6.45) is 6.50. The van der Waals surface area contributed by atoms with Crippen molar-refractivity contribution >= 4 is 34.7 Å². The van der Waals surface area contributed by atoms with Crippen LogP contribution in [-0.4, -0.2) is 36.1 Å². The Labute approximate surface area is 161 Å². The van der Waals surface area contributed by atoms with Gasteiger partial charge in [-0.15, -0.1) is 0 Å². The molecule has 3 rings (SSSR count). The lowest BCUT2D eigenvalue weighted by Gasteiger charge is -2.17. The second kappa shape index (κ2) is 8.63. The maximum absolute atomic E-state index is 12.3. The monoisotopic (exact) mass is 378 g/mol. The van der Waals surface area contributed by atoms with Crippen LogP contribution in [0.15, 0.2) is 61.2 Å². The van der Waals surface area contributed by atoms with Crippen LogP contribution in [0.2, 0.25) is 0 Å². The van der Waals surface area contributed by atoms with Crippen LogP contribution >= 0.6 is 0 Å². The Kier molecular flexibility index (Phi) is 5.81. The third-order valence-corrected chi connectivity index (χ3v) is 3.89. The van der Waals surface area contributed by atoms with Crippen molar-refractivity contribution in [2.45, 2.75) is 0 Å². The number of hydrogen-bond acceptors (Lipinski definition) is 8. The molecule has 3 aromatic rings. The second-order valence-electron chi connectivity index (χ2n) is 5.65. The number of aromatic nitrogens is 2. The molecule has 8 heteroatoms. The van der Waals surface area contributed by atoms with E-state index in [9.17, 15) is 9.59 Å². The Morgan fingerprint density at radius 3 is 1.46 bits per heavy atom. The number of nitrogens with zero attached hydrogens (tertiary/aromatic N) is 2. The topological polar surface area (TPSA) is 102 Å².